The second kappa shape index (κ2) is 14.4. The van der Waals surface area contributed by atoms with Crippen LogP contribution in [0.5, 0.6) is 5.75 Å². The second-order valence-electron chi connectivity index (χ2n) is 6.76. The van der Waals surface area contributed by atoms with Crippen molar-refractivity contribution in [2.45, 2.75) is 32.7 Å². The molecular formula is C21H34IN3O4. The third-order valence-corrected chi connectivity index (χ3v) is 4.74. The van der Waals surface area contributed by atoms with Crippen molar-refractivity contribution >= 4 is 35.9 Å². The number of hydrogen-bond donors (Lipinski definition) is 1. The number of benzene rings is 1. The number of ether oxygens (including phenoxy) is 3. The molecule has 0 radical (unpaired) electrons. The van der Waals surface area contributed by atoms with E-state index in [9.17, 15) is 4.79 Å². The highest BCUT2D eigenvalue weighted by Gasteiger charge is 2.27. The van der Waals surface area contributed by atoms with Gasteiger partial charge in [0.1, 0.15) is 5.75 Å². The Morgan fingerprint density at radius 3 is 2.69 bits per heavy atom. The van der Waals surface area contributed by atoms with Gasteiger partial charge in [0, 0.05) is 46.8 Å². The Morgan fingerprint density at radius 1 is 1.28 bits per heavy atom. The summed E-state index contributed by atoms with van der Waals surface area (Å²) < 4.78 is 15.9. The fourth-order valence-electron chi connectivity index (χ4n) is 3.24. The average Bonchev–Trinajstić information content (AvgIpc) is 2.73. The summed E-state index contributed by atoms with van der Waals surface area (Å²) in [5.74, 6) is 1.64. The molecule has 1 heterocycles. The van der Waals surface area contributed by atoms with Gasteiger partial charge in [0.15, 0.2) is 5.96 Å². The summed E-state index contributed by atoms with van der Waals surface area (Å²) in [4.78, 5) is 18.5. The number of rotatable bonds is 9. The molecule has 0 aliphatic carbocycles. The highest BCUT2D eigenvalue weighted by Crippen LogP contribution is 2.19. The van der Waals surface area contributed by atoms with Crippen LogP contribution in [0.2, 0.25) is 0 Å². The van der Waals surface area contributed by atoms with Crippen LogP contribution in [0.3, 0.4) is 0 Å². The first-order valence-electron chi connectivity index (χ1n) is 10.0. The van der Waals surface area contributed by atoms with Crippen LogP contribution in [-0.2, 0) is 20.8 Å². The molecule has 0 aromatic heterocycles. The number of esters is 1. The molecule has 1 aliphatic rings. The number of halogens is 1. The third kappa shape index (κ3) is 8.77. The van der Waals surface area contributed by atoms with Gasteiger partial charge in [-0.25, -0.2) is 0 Å². The maximum absolute atomic E-state index is 11.9. The van der Waals surface area contributed by atoms with E-state index in [1.54, 1.807) is 14.2 Å². The number of carbonyl (C=O) groups excluding carboxylic acids is 1. The molecule has 0 bridgehead atoms. The van der Waals surface area contributed by atoms with E-state index < -0.39 is 0 Å². The first-order valence-corrected chi connectivity index (χ1v) is 10.0. The molecule has 1 aliphatic heterocycles. The largest absolute Gasteiger partial charge is 0.493 e. The normalized spacial score (nSPS) is 14.9. The first kappa shape index (κ1) is 25.5. The number of nitrogens with one attached hydrogen (secondary N) is 1. The van der Waals surface area contributed by atoms with Gasteiger partial charge < -0.3 is 24.4 Å². The van der Waals surface area contributed by atoms with Crippen molar-refractivity contribution in [3.8, 4) is 5.75 Å². The van der Waals surface area contributed by atoms with Crippen molar-refractivity contribution in [1.82, 2.24) is 10.2 Å². The van der Waals surface area contributed by atoms with Gasteiger partial charge >= 0.3 is 5.97 Å². The summed E-state index contributed by atoms with van der Waals surface area (Å²) in [6, 6.07) is 8.07. The predicted molar refractivity (Wildman–Crippen MR) is 125 cm³/mol. The molecule has 1 N–H and O–H groups in total. The molecule has 0 atom stereocenters. The Balaban J connectivity index is 0.00000420. The van der Waals surface area contributed by atoms with Crippen LogP contribution >= 0.6 is 24.0 Å². The van der Waals surface area contributed by atoms with Gasteiger partial charge in [-0.3, -0.25) is 9.79 Å². The minimum atomic E-state index is -0.0765. The summed E-state index contributed by atoms with van der Waals surface area (Å²) in [6.45, 7) is 5.89. The zero-order valence-electron chi connectivity index (χ0n) is 17.7. The van der Waals surface area contributed by atoms with Gasteiger partial charge in [-0.05, 0) is 37.5 Å². The number of piperidine rings is 1. The Morgan fingerprint density at radius 2 is 2.03 bits per heavy atom. The van der Waals surface area contributed by atoms with Gasteiger partial charge in [0.2, 0.25) is 0 Å². The van der Waals surface area contributed by atoms with Crippen molar-refractivity contribution in [2.75, 3.05) is 47.1 Å². The maximum atomic E-state index is 11.9. The molecule has 0 spiro atoms. The number of hydrogen-bond acceptors (Lipinski definition) is 5. The minimum absolute atomic E-state index is 0. The molecule has 29 heavy (non-hydrogen) atoms. The molecular weight excluding hydrogens is 485 g/mol. The molecule has 164 valence electrons. The Hall–Kier alpha value is -1.55. The highest BCUT2D eigenvalue weighted by molar-refractivity contribution is 14.0. The summed E-state index contributed by atoms with van der Waals surface area (Å²) in [5.41, 5.74) is 1.13. The molecule has 0 saturated carbocycles. The molecule has 0 amide bonds. The molecule has 8 heteroatoms. The summed E-state index contributed by atoms with van der Waals surface area (Å²) in [5, 5.41) is 3.41. The molecule has 1 saturated heterocycles. The van der Waals surface area contributed by atoms with E-state index >= 15 is 0 Å². The number of carbonyl (C=O) groups is 1. The zero-order valence-corrected chi connectivity index (χ0v) is 20.0. The lowest BCUT2D eigenvalue weighted by atomic mass is 9.97. The van der Waals surface area contributed by atoms with E-state index in [4.69, 9.17) is 14.2 Å². The quantitative estimate of drug-likeness (QED) is 0.178. The van der Waals surface area contributed by atoms with Crippen molar-refractivity contribution in [3.63, 3.8) is 0 Å². The summed E-state index contributed by atoms with van der Waals surface area (Å²) >= 11 is 0. The number of likely N-dealkylation sites (tertiary alicyclic amines) is 1. The zero-order chi connectivity index (χ0) is 20.2. The lowest BCUT2D eigenvalue weighted by molar-refractivity contribution is -0.149. The highest BCUT2D eigenvalue weighted by atomic mass is 127. The topological polar surface area (TPSA) is 72.4 Å². The summed E-state index contributed by atoms with van der Waals surface area (Å²) in [6.07, 6.45) is 2.46. The fourth-order valence-corrected chi connectivity index (χ4v) is 3.24. The van der Waals surface area contributed by atoms with Gasteiger partial charge in [0.05, 0.1) is 19.1 Å². The minimum Gasteiger partial charge on any atom is -0.493 e. The van der Waals surface area contributed by atoms with Crippen LogP contribution in [0.4, 0.5) is 0 Å². The molecule has 0 unspecified atom stereocenters. The standard InChI is InChI=1S/C21H33N3O4.HI/c1-4-27-20(25)18-9-11-24(12-10-18)21(22-2)23-16-17-7-5-8-19(15-17)28-14-6-13-26-3;/h5,7-8,15,18H,4,6,9-14,16H2,1-3H3,(H,22,23);1H. The Labute approximate surface area is 191 Å². The molecule has 1 fully saturated rings. The van der Waals surface area contributed by atoms with Crippen molar-refractivity contribution < 1.29 is 19.0 Å². The second-order valence-corrected chi connectivity index (χ2v) is 6.76. The molecule has 1 aromatic rings. The summed E-state index contributed by atoms with van der Waals surface area (Å²) in [7, 11) is 3.48. The van der Waals surface area contributed by atoms with Crippen LogP contribution in [0.15, 0.2) is 29.3 Å². The SMILES string of the molecule is CCOC(=O)C1CCN(C(=NC)NCc2cccc(OCCCOC)c2)CC1.I. The molecule has 1 aromatic carbocycles. The molecule has 7 nitrogen and oxygen atoms in total. The van der Waals surface area contributed by atoms with Gasteiger partial charge in [-0.1, -0.05) is 12.1 Å². The van der Waals surface area contributed by atoms with E-state index in [0.717, 1.165) is 49.6 Å². The van der Waals surface area contributed by atoms with E-state index in [1.807, 2.05) is 25.1 Å². The van der Waals surface area contributed by atoms with Crippen LogP contribution in [0, 0.1) is 5.92 Å². The maximum Gasteiger partial charge on any atom is 0.309 e. The lowest BCUT2D eigenvalue weighted by Gasteiger charge is -2.33. The predicted octanol–water partition coefficient (Wildman–Crippen LogP) is 3.07. The van der Waals surface area contributed by atoms with Crippen LogP contribution in [0.25, 0.3) is 0 Å². The Bertz CT molecular complexity index is 634. The van der Waals surface area contributed by atoms with Gasteiger partial charge in [0.25, 0.3) is 0 Å². The number of methoxy groups -OCH3 is 1. The lowest BCUT2D eigenvalue weighted by Crippen LogP contribution is -2.46. The van der Waals surface area contributed by atoms with Crippen LogP contribution in [-0.4, -0.2) is 63.9 Å². The Kier molecular flexibility index (Phi) is 12.7. The first-order chi connectivity index (χ1) is 13.7. The average molecular weight is 519 g/mol. The number of nitrogens with zero attached hydrogens (tertiary/aromatic N) is 2. The van der Waals surface area contributed by atoms with Crippen molar-refractivity contribution in [2.24, 2.45) is 10.9 Å². The van der Waals surface area contributed by atoms with E-state index in [0.29, 0.717) is 26.4 Å². The van der Waals surface area contributed by atoms with E-state index in [1.165, 1.54) is 0 Å². The smallest absolute Gasteiger partial charge is 0.309 e. The molecule has 2 rings (SSSR count). The fraction of sp³-hybridized carbons (Fsp3) is 0.619. The van der Waals surface area contributed by atoms with Crippen LogP contribution in [0.1, 0.15) is 31.7 Å². The van der Waals surface area contributed by atoms with Gasteiger partial charge in [-0.2, -0.15) is 0 Å². The number of guanidine groups is 1. The van der Waals surface area contributed by atoms with Crippen molar-refractivity contribution in [3.05, 3.63) is 29.8 Å². The van der Waals surface area contributed by atoms with E-state index in [2.05, 4.69) is 21.3 Å². The van der Waals surface area contributed by atoms with Crippen molar-refractivity contribution in [1.29, 1.82) is 0 Å². The number of aliphatic imine (C=N–C) groups is 1. The van der Waals surface area contributed by atoms with E-state index in [-0.39, 0.29) is 35.9 Å². The monoisotopic (exact) mass is 519 g/mol. The van der Waals surface area contributed by atoms with Gasteiger partial charge in [-0.15, -0.1) is 24.0 Å². The van der Waals surface area contributed by atoms with Crippen LogP contribution < -0.4 is 10.1 Å². The third-order valence-electron chi connectivity index (χ3n) is 4.74.